The highest BCUT2D eigenvalue weighted by atomic mass is 16.5. The summed E-state index contributed by atoms with van der Waals surface area (Å²) < 4.78 is 5.74. The minimum atomic E-state index is -0.0700. The number of likely N-dealkylation sites (N-methyl/N-ethyl adjacent to an activating group) is 1. The number of piperidine rings is 1. The number of aromatic nitrogens is 2. The number of hydrogen-bond donors (Lipinski definition) is 2. The number of aromatic amines is 1. The van der Waals surface area contributed by atoms with E-state index >= 15 is 0 Å². The summed E-state index contributed by atoms with van der Waals surface area (Å²) in [4.78, 5) is 22.3. The van der Waals surface area contributed by atoms with Crippen LogP contribution in [-0.2, 0) is 11.3 Å². The zero-order valence-corrected chi connectivity index (χ0v) is 16.6. The maximum Gasteiger partial charge on any atom is 0.251 e. The van der Waals surface area contributed by atoms with Gasteiger partial charge in [-0.05, 0) is 57.5 Å². The lowest BCUT2D eigenvalue weighted by Crippen LogP contribution is -2.28. The molecule has 1 atom stereocenters. The van der Waals surface area contributed by atoms with Crippen LogP contribution in [0.5, 0.6) is 0 Å². The van der Waals surface area contributed by atoms with E-state index in [1.165, 1.54) is 12.0 Å². The molecule has 2 aliphatic heterocycles. The molecule has 0 radical (unpaired) electrons. The van der Waals surface area contributed by atoms with Crippen molar-refractivity contribution < 1.29 is 4.74 Å². The van der Waals surface area contributed by atoms with Crippen molar-refractivity contribution in [3.05, 3.63) is 51.9 Å². The van der Waals surface area contributed by atoms with E-state index in [0.717, 1.165) is 63.3 Å². The van der Waals surface area contributed by atoms with Crippen LogP contribution in [0.4, 0.5) is 0 Å². The van der Waals surface area contributed by atoms with Crippen LogP contribution in [0.1, 0.15) is 42.9 Å². The van der Waals surface area contributed by atoms with Crippen molar-refractivity contribution in [2.45, 2.75) is 44.2 Å². The summed E-state index contributed by atoms with van der Waals surface area (Å²) in [6.07, 6.45) is 4.74. The highest BCUT2D eigenvalue weighted by molar-refractivity contribution is 5.56. The van der Waals surface area contributed by atoms with Crippen molar-refractivity contribution in [1.29, 1.82) is 0 Å². The molecule has 1 aromatic heterocycles. The molecule has 2 N–H and O–H groups in total. The van der Waals surface area contributed by atoms with E-state index < -0.39 is 0 Å². The van der Waals surface area contributed by atoms with Gasteiger partial charge in [0.2, 0.25) is 0 Å². The van der Waals surface area contributed by atoms with Crippen molar-refractivity contribution in [3.63, 3.8) is 0 Å². The topological polar surface area (TPSA) is 70.2 Å². The highest BCUT2D eigenvalue weighted by Gasteiger charge is 2.19. The summed E-state index contributed by atoms with van der Waals surface area (Å²) in [5.74, 6) is 1.03. The first kappa shape index (κ1) is 19.3. The van der Waals surface area contributed by atoms with Gasteiger partial charge in [0.05, 0.1) is 11.8 Å². The Morgan fingerprint density at radius 1 is 1.21 bits per heavy atom. The fraction of sp³-hybridized carbons (Fsp3) is 0.545. The molecule has 1 unspecified atom stereocenters. The third-order valence-corrected chi connectivity index (χ3v) is 5.71. The van der Waals surface area contributed by atoms with Crippen LogP contribution in [-0.4, -0.2) is 54.3 Å². The van der Waals surface area contributed by atoms with Gasteiger partial charge in [-0.2, -0.15) is 0 Å². The van der Waals surface area contributed by atoms with Gasteiger partial charge in [0.1, 0.15) is 5.82 Å². The van der Waals surface area contributed by atoms with E-state index in [1.54, 1.807) is 6.07 Å². The SMILES string of the molecule is CN(Cc1cccc(-c2nc(C3CCNCC3)cc(=O)[nH]2)c1)CC1CCCO1. The predicted octanol–water partition coefficient (Wildman–Crippen LogP) is 2.51. The molecule has 3 heterocycles. The Hall–Kier alpha value is -2.02. The Kier molecular flexibility index (Phi) is 6.20. The van der Waals surface area contributed by atoms with Crippen LogP contribution in [0.3, 0.4) is 0 Å². The molecule has 2 saturated heterocycles. The fourth-order valence-electron chi connectivity index (χ4n) is 4.27. The zero-order chi connectivity index (χ0) is 19.3. The molecule has 4 rings (SSSR count). The minimum Gasteiger partial charge on any atom is -0.377 e. The fourth-order valence-corrected chi connectivity index (χ4v) is 4.27. The lowest BCUT2D eigenvalue weighted by molar-refractivity contribution is 0.0793. The van der Waals surface area contributed by atoms with Gasteiger partial charge in [-0.15, -0.1) is 0 Å². The van der Waals surface area contributed by atoms with Crippen molar-refractivity contribution in [2.24, 2.45) is 0 Å². The van der Waals surface area contributed by atoms with Crippen molar-refractivity contribution in [1.82, 2.24) is 20.2 Å². The number of rotatable bonds is 6. The monoisotopic (exact) mass is 382 g/mol. The second kappa shape index (κ2) is 8.99. The number of nitrogens with one attached hydrogen (secondary N) is 2. The maximum absolute atomic E-state index is 12.2. The first-order valence-electron chi connectivity index (χ1n) is 10.4. The lowest BCUT2D eigenvalue weighted by atomic mass is 9.94. The van der Waals surface area contributed by atoms with Crippen LogP contribution >= 0.6 is 0 Å². The predicted molar refractivity (Wildman–Crippen MR) is 110 cm³/mol. The van der Waals surface area contributed by atoms with E-state index in [0.29, 0.717) is 17.8 Å². The molecular weight excluding hydrogens is 352 g/mol. The van der Waals surface area contributed by atoms with E-state index in [2.05, 4.69) is 34.4 Å². The Morgan fingerprint density at radius 2 is 2.07 bits per heavy atom. The molecule has 0 spiro atoms. The molecule has 0 saturated carbocycles. The highest BCUT2D eigenvalue weighted by Crippen LogP contribution is 2.25. The Morgan fingerprint density at radius 3 is 2.86 bits per heavy atom. The zero-order valence-electron chi connectivity index (χ0n) is 16.6. The van der Waals surface area contributed by atoms with Crippen LogP contribution in [0.15, 0.2) is 35.1 Å². The summed E-state index contributed by atoms with van der Waals surface area (Å²) in [5.41, 5.74) is 3.03. The third kappa shape index (κ3) is 4.87. The van der Waals surface area contributed by atoms with Crippen LogP contribution in [0, 0.1) is 0 Å². The molecular formula is C22H30N4O2. The van der Waals surface area contributed by atoms with Gasteiger partial charge in [-0.3, -0.25) is 9.69 Å². The van der Waals surface area contributed by atoms with Gasteiger partial charge in [-0.25, -0.2) is 4.98 Å². The van der Waals surface area contributed by atoms with Crippen molar-refractivity contribution in [2.75, 3.05) is 33.3 Å². The van der Waals surface area contributed by atoms with Gasteiger partial charge in [0.25, 0.3) is 5.56 Å². The summed E-state index contributed by atoms with van der Waals surface area (Å²) >= 11 is 0. The van der Waals surface area contributed by atoms with Gasteiger partial charge in [-0.1, -0.05) is 18.2 Å². The quantitative estimate of drug-likeness (QED) is 0.803. The number of ether oxygens (including phenoxy) is 1. The van der Waals surface area contributed by atoms with Gasteiger partial charge in [0, 0.05) is 37.2 Å². The number of hydrogen-bond acceptors (Lipinski definition) is 5. The molecule has 2 aliphatic rings. The molecule has 6 heteroatoms. The molecule has 0 bridgehead atoms. The first-order chi connectivity index (χ1) is 13.7. The van der Waals surface area contributed by atoms with E-state index in [1.807, 2.05) is 12.1 Å². The third-order valence-electron chi connectivity index (χ3n) is 5.71. The normalized spacial score (nSPS) is 20.7. The van der Waals surface area contributed by atoms with E-state index in [4.69, 9.17) is 9.72 Å². The van der Waals surface area contributed by atoms with Crippen LogP contribution in [0.25, 0.3) is 11.4 Å². The standard InChI is InChI=1S/C22H30N4O2/c1-26(15-19-6-3-11-28-19)14-16-4-2-5-18(12-16)22-24-20(13-21(27)25-22)17-7-9-23-10-8-17/h2,4-5,12-13,17,19,23H,3,6-11,14-15H2,1H3,(H,24,25,27). The summed E-state index contributed by atoms with van der Waals surface area (Å²) in [7, 11) is 2.13. The molecule has 150 valence electrons. The van der Waals surface area contributed by atoms with E-state index in [9.17, 15) is 4.79 Å². The number of nitrogens with zero attached hydrogens (tertiary/aromatic N) is 2. The summed E-state index contributed by atoms with van der Waals surface area (Å²) in [6, 6.07) is 10.00. The molecule has 0 amide bonds. The van der Waals surface area contributed by atoms with Crippen LogP contribution in [0.2, 0.25) is 0 Å². The van der Waals surface area contributed by atoms with E-state index in [-0.39, 0.29) is 5.56 Å². The second-order valence-electron chi connectivity index (χ2n) is 8.08. The summed E-state index contributed by atoms with van der Waals surface area (Å²) in [5, 5.41) is 3.37. The van der Waals surface area contributed by atoms with Gasteiger partial charge < -0.3 is 15.0 Å². The smallest absolute Gasteiger partial charge is 0.251 e. The summed E-state index contributed by atoms with van der Waals surface area (Å²) in [6.45, 7) is 4.67. The van der Waals surface area contributed by atoms with Gasteiger partial charge in [0.15, 0.2) is 0 Å². The van der Waals surface area contributed by atoms with Gasteiger partial charge >= 0.3 is 0 Å². The second-order valence-corrected chi connectivity index (χ2v) is 8.08. The average molecular weight is 383 g/mol. The molecule has 6 nitrogen and oxygen atoms in total. The molecule has 2 fully saturated rings. The lowest BCUT2D eigenvalue weighted by Gasteiger charge is -2.22. The van der Waals surface area contributed by atoms with Crippen molar-refractivity contribution >= 4 is 0 Å². The Balaban J connectivity index is 1.50. The molecule has 28 heavy (non-hydrogen) atoms. The molecule has 2 aromatic rings. The number of H-pyrrole nitrogens is 1. The Bertz CT molecular complexity index is 838. The van der Waals surface area contributed by atoms with Crippen molar-refractivity contribution in [3.8, 4) is 11.4 Å². The molecule has 1 aromatic carbocycles. The minimum absolute atomic E-state index is 0.0700. The first-order valence-corrected chi connectivity index (χ1v) is 10.4. The number of benzene rings is 1. The molecule has 0 aliphatic carbocycles. The van der Waals surface area contributed by atoms with Crippen LogP contribution < -0.4 is 10.9 Å². The largest absolute Gasteiger partial charge is 0.377 e. The average Bonchev–Trinajstić information content (AvgIpc) is 3.21. The maximum atomic E-state index is 12.2. The Labute approximate surface area is 166 Å².